The first-order chi connectivity index (χ1) is 11.5. The highest BCUT2D eigenvalue weighted by Gasteiger charge is 2.28. The van der Waals surface area contributed by atoms with Crippen molar-refractivity contribution in [1.82, 2.24) is 20.1 Å². The lowest BCUT2D eigenvalue weighted by atomic mass is 10.0. The number of pyridine rings is 1. The molecule has 0 radical (unpaired) electrons. The van der Waals surface area contributed by atoms with E-state index >= 15 is 0 Å². The molecular weight excluding hydrogens is 302 g/mol. The molecule has 6 nitrogen and oxygen atoms in total. The summed E-state index contributed by atoms with van der Waals surface area (Å²) in [7, 11) is 0. The molecule has 2 aromatic rings. The Morgan fingerprint density at radius 3 is 3.00 bits per heavy atom. The molecule has 0 spiro atoms. The Labute approximate surface area is 142 Å². The zero-order chi connectivity index (χ0) is 17.3. The predicted molar refractivity (Wildman–Crippen MR) is 94.9 cm³/mol. The third-order valence-corrected chi connectivity index (χ3v) is 5.23. The van der Waals surface area contributed by atoms with Gasteiger partial charge >= 0.3 is 0 Å². The molecule has 1 amide bonds. The Morgan fingerprint density at radius 1 is 1.50 bits per heavy atom. The van der Waals surface area contributed by atoms with Gasteiger partial charge in [0, 0.05) is 11.7 Å². The summed E-state index contributed by atoms with van der Waals surface area (Å²) in [6.45, 7) is 6.78. The van der Waals surface area contributed by atoms with Crippen LogP contribution in [0.3, 0.4) is 0 Å². The lowest BCUT2D eigenvalue weighted by molar-refractivity contribution is 0.0930. The quantitative estimate of drug-likeness (QED) is 0.883. The molecule has 1 aliphatic rings. The SMILES string of the molecule is CCC(C)n1ncc2c(C(=O)NC3CCCC3CN)cc(C)nc21. The summed E-state index contributed by atoms with van der Waals surface area (Å²) in [5.74, 6) is 0.342. The maximum absolute atomic E-state index is 12.9. The first-order valence-electron chi connectivity index (χ1n) is 8.91. The van der Waals surface area contributed by atoms with E-state index in [9.17, 15) is 4.79 Å². The van der Waals surface area contributed by atoms with Crippen LogP contribution in [0.15, 0.2) is 12.3 Å². The molecule has 1 saturated carbocycles. The Bertz CT molecular complexity index is 738. The number of fused-ring (bicyclic) bond motifs is 1. The number of aromatic nitrogens is 3. The van der Waals surface area contributed by atoms with Gasteiger partial charge in [0.1, 0.15) is 0 Å². The number of nitrogens with one attached hydrogen (secondary N) is 1. The molecule has 0 aliphatic heterocycles. The summed E-state index contributed by atoms with van der Waals surface area (Å²) in [4.78, 5) is 17.5. The van der Waals surface area contributed by atoms with Gasteiger partial charge in [0.05, 0.1) is 23.2 Å². The minimum absolute atomic E-state index is 0.0421. The molecule has 2 heterocycles. The van der Waals surface area contributed by atoms with Crippen molar-refractivity contribution in [3.63, 3.8) is 0 Å². The second kappa shape index (κ2) is 6.89. The first kappa shape index (κ1) is 16.9. The van der Waals surface area contributed by atoms with Crippen LogP contribution in [-0.2, 0) is 0 Å². The van der Waals surface area contributed by atoms with Gasteiger partial charge in [-0.3, -0.25) is 4.79 Å². The highest BCUT2D eigenvalue weighted by Crippen LogP contribution is 2.26. The minimum Gasteiger partial charge on any atom is -0.349 e. The Balaban J connectivity index is 1.94. The monoisotopic (exact) mass is 329 g/mol. The van der Waals surface area contributed by atoms with Crippen molar-refractivity contribution in [3.05, 3.63) is 23.5 Å². The van der Waals surface area contributed by atoms with Gasteiger partial charge in [-0.15, -0.1) is 0 Å². The standard InChI is InChI=1S/C18H27N5O/c1-4-12(3)23-17-15(10-20-23)14(8-11(2)21-17)18(24)22-16-7-5-6-13(16)9-19/h8,10,12-13,16H,4-7,9,19H2,1-3H3,(H,22,24). The zero-order valence-electron chi connectivity index (χ0n) is 14.7. The van der Waals surface area contributed by atoms with Gasteiger partial charge in [0.2, 0.25) is 0 Å². The second-order valence-electron chi connectivity index (χ2n) is 6.90. The average Bonchev–Trinajstić information content (AvgIpc) is 3.19. The van der Waals surface area contributed by atoms with E-state index in [0.29, 0.717) is 18.0 Å². The summed E-state index contributed by atoms with van der Waals surface area (Å²) in [6.07, 6.45) is 5.96. The highest BCUT2D eigenvalue weighted by atomic mass is 16.1. The minimum atomic E-state index is -0.0421. The van der Waals surface area contributed by atoms with Crippen molar-refractivity contribution in [2.45, 2.75) is 58.5 Å². The van der Waals surface area contributed by atoms with E-state index in [2.05, 4.69) is 29.2 Å². The van der Waals surface area contributed by atoms with E-state index in [1.165, 1.54) is 0 Å². The molecule has 0 aromatic carbocycles. The first-order valence-corrected chi connectivity index (χ1v) is 8.91. The smallest absolute Gasteiger partial charge is 0.252 e. The van der Waals surface area contributed by atoms with Gasteiger partial charge in [-0.05, 0) is 51.6 Å². The number of aryl methyl sites for hydroxylation is 1. The Morgan fingerprint density at radius 2 is 2.29 bits per heavy atom. The fourth-order valence-electron chi connectivity index (χ4n) is 3.58. The number of hydrogen-bond donors (Lipinski definition) is 2. The third-order valence-electron chi connectivity index (χ3n) is 5.23. The molecule has 1 aliphatic carbocycles. The number of carbonyl (C=O) groups is 1. The molecule has 0 saturated heterocycles. The van der Waals surface area contributed by atoms with E-state index in [-0.39, 0.29) is 18.0 Å². The molecule has 3 N–H and O–H groups in total. The van der Waals surface area contributed by atoms with Crippen molar-refractivity contribution in [2.24, 2.45) is 11.7 Å². The molecule has 0 bridgehead atoms. The van der Waals surface area contributed by atoms with Crippen LogP contribution < -0.4 is 11.1 Å². The summed E-state index contributed by atoms with van der Waals surface area (Å²) in [6, 6.07) is 2.28. The molecular formula is C18H27N5O. The molecule has 24 heavy (non-hydrogen) atoms. The van der Waals surface area contributed by atoms with Crippen LogP contribution in [0.5, 0.6) is 0 Å². The number of hydrogen-bond acceptors (Lipinski definition) is 4. The topological polar surface area (TPSA) is 85.8 Å². The van der Waals surface area contributed by atoms with Crippen LogP contribution in [0.2, 0.25) is 0 Å². The van der Waals surface area contributed by atoms with Crippen LogP contribution in [-0.4, -0.2) is 33.3 Å². The van der Waals surface area contributed by atoms with E-state index in [4.69, 9.17) is 5.73 Å². The maximum Gasteiger partial charge on any atom is 0.252 e. The fraction of sp³-hybridized carbons (Fsp3) is 0.611. The normalized spacial score (nSPS) is 22.0. The van der Waals surface area contributed by atoms with Gasteiger partial charge < -0.3 is 11.1 Å². The number of rotatable bonds is 5. The summed E-state index contributed by atoms with van der Waals surface area (Å²) in [5.41, 5.74) is 8.11. The van der Waals surface area contributed by atoms with Crippen LogP contribution in [0.4, 0.5) is 0 Å². The second-order valence-corrected chi connectivity index (χ2v) is 6.90. The van der Waals surface area contributed by atoms with Gasteiger partial charge in [0.25, 0.3) is 5.91 Å². The summed E-state index contributed by atoms with van der Waals surface area (Å²) >= 11 is 0. The molecule has 3 unspecified atom stereocenters. The van der Waals surface area contributed by atoms with Crippen molar-refractivity contribution in [3.8, 4) is 0 Å². The van der Waals surface area contributed by atoms with E-state index < -0.39 is 0 Å². The average molecular weight is 329 g/mol. The van der Waals surface area contributed by atoms with Crippen molar-refractivity contribution < 1.29 is 4.79 Å². The maximum atomic E-state index is 12.9. The Hall–Kier alpha value is -1.95. The lowest BCUT2D eigenvalue weighted by Gasteiger charge is -2.20. The molecule has 3 rings (SSSR count). The van der Waals surface area contributed by atoms with Gasteiger partial charge in [-0.1, -0.05) is 13.3 Å². The van der Waals surface area contributed by atoms with Crippen molar-refractivity contribution in [1.29, 1.82) is 0 Å². The van der Waals surface area contributed by atoms with Crippen LogP contribution in [0.25, 0.3) is 11.0 Å². The molecule has 1 fully saturated rings. The predicted octanol–water partition coefficient (Wildman–Crippen LogP) is 2.57. The highest BCUT2D eigenvalue weighted by molar-refractivity contribution is 6.05. The van der Waals surface area contributed by atoms with Crippen molar-refractivity contribution in [2.75, 3.05) is 6.54 Å². The molecule has 2 aromatic heterocycles. The van der Waals surface area contributed by atoms with Crippen LogP contribution >= 0.6 is 0 Å². The van der Waals surface area contributed by atoms with E-state index in [1.54, 1.807) is 6.20 Å². The molecule has 3 atom stereocenters. The molecule has 6 heteroatoms. The third kappa shape index (κ3) is 3.02. The fourth-order valence-corrected chi connectivity index (χ4v) is 3.58. The van der Waals surface area contributed by atoms with Crippen LogP contribution in [0, 0.1) is 12.8 Å². The molecule has 130 valence electrons. The summed E-state index contributed by atoms with van der Waals surface area (Å²) in [5, 5.41) is 8.47. The largest absolute Gasteiger partial charge is 0.349 e. The van der Waals surface area contributed by atoms with E-state index in [0.717, 1.165) is 42.4 Å². The number of nitrogens with zero attached hydrogens (tertiary/aromatic N) is 3. The number of amides is 1. The van der Waals surface area contributed by atoms with E-state index in [1.807, 2.05) is 17.7 Å². The summed E-state index contributed by atoms with van der Waals surface area (Å²) < 4.78 is 1.91. The van der Waals surface area contributed by atoms with Crippen molar-refractivity contribution >= 4 is 16.9 Å². The lowest BCUT2D eigenvalue weighted by Crippen LogP contribution is -2.40. The van der Waals surface area contributed by atoms with Crippen LogP contribution in [0.1, 0.15) is 61.6 Å². The number of nitrogens with two attached hydrogens (primary N) is 1. The van der Waals surface area contributed by atoms with Gasteiger partial charge in [-0.25, -0.2) is 9.67 Å². The number of carbonyl (C=O) groups excluding carboxylic acids is 1. The Kier molecular flexibility index (Phi) is 4.85. The van der Waals surface area contributed by atoms with Gasteiger partial charge in [0.15, 0.2) is 5.65 Å². The zero-order valence-corrected chi connectivity index (χ0v) is 14.7. The van der Waals surface area contributed by atoms with Gasteiger partial charge in [-0.2, -0.15) is 5.10 Å².